The zero-order valence-electron chi connectivity index (χ0n) is 27.8. The minimum Gasteiger partial charge on any atom is -0.634 e. The van der Waals surface area contributed by atoms with Gasteiger partial charge >= 0.3 is 0 Å². The van der Waals surface area contributed by atoms with E-state index in [9.17, 15) is 5.21 Å². The third-order valence-corrected chi connectivity index (χ3v) is 9.01. The van der Waals surface area contributed by atoms with E-state index in [2.05, 4.69) is 13.8 Å². The van der Waals surface area contributed by atoms with Crippen LogP contribution in [0.5, 0.6) is 0 Å². The summed E-state index contributed by atoms with van der Waals surface area (Å²) in [6, 6.07) is 0. The summed E-state index contributed by atoms with van der Waals surface area (Å²) in [4.78, 5) is 0. The quantitative estimate of drug-likeness (QED) is 0.0625. The predicted octanol–water partition coefficient (Wildman–Crippen LogP) is 12.1. The van der Waals surface area contributed by atoms with Crippen LogP contribution in [0.1, 0.15) is 219 Å². The molecule has 0 bridgehead atoms. The molecule has 0 aromatic heterocycles. The Balaban J connectivity index is 3.47. The van der Waals surface area contributed by atoms with Crippen LogP contribution < -0.4 is 5.06 Å². The number of hydrogen-bond donors (Lipinski definition) is 1. The molecule has 0 heterocycles. The fourth-order valence-corrected chi connectivity index (χ4v) is 6.36. The van der Waals surface area contributed by atoms with E-state index in [1.54, 1.807) is 7.05 Å². The molecule has 1 N–H and O–H groups in total. The van der Waals surface area contributed by atoms with Crippen molar-refractivity contribution in [2.75, 3.05) is 13.6 Å². The van der Waals surface area contributed by atoms with Crippen molar-refractivity contribution in [1.29, 1.82) is 0 Å². The van der Waals surface area contributed by atoms with Gasteiger partial charge in [-0.25, -0.2) is 0 Å². The molecule has 0 amide bonds. The zero-order chi connectivity index (χ0) is 28.5. The van der Waals surface area contributed by atoms with Crippen LogP contribution in [0.4, 0.5) is 0 Å². The van der Waals surface area contributed by atoms with Crippen LogP contribution in [-0.4, -0.2) is 13.6 Å². The van der Waals surface area contributed by atoms with Crippen LogP contribution >= 0.6 is 0 Å². The molecule has 0 fully saturated rings. The first-order chi connectivity index (χ1) is 19.2. The zero-order valence-corrected chi connectivity index (χ0v) is 27.8. The van der Waals surface area contributed by atoms with Crippen LogP contribution in [0.2, 0.25) is 0 Å². The number of hydrogen-bond acceptors (Lipinski definition) is 1. The van der Waals surface area contributed by atoms with Crippen LogP contribution in [0.15, 0.2) is 0 Å². The van der Waals surface area contributed by atoms with E-state index in [0.717, 1.165) is 6.54 Å². The molecular formula is C37H77NO. The van der Waals surface area contributed by atoms with E-state index < -0.39 is 0 Å². The van der Waals surface area contributed by atoms with Gasteiger partial charge in [0.2, 0.25) is 0 Å². The lowest BCUT2D eigenvalue weighted by molar-refractivity contribution is -0.830. The molecule has 0 aliphatic heterocycles. The van der Waals surface area contributed by atoms with Gasteiger partial charge in [0.25, 0.3) is 0 Å². The van der Waals surface area contributed by atoms with E-state index in [-0.39, 0.29) is 0 Å². The van der Waals surface area contributed by atoms with Crippen LogP contribution in [-0.2, 0) is 0 Å². The molecule has 0 saturated heterocycles. The first kappa shape index (κ1) is 38.9. The van der Waals surface area contributed by atoms with E-state index in [1.807, 2.05) is 0 Å². The second kappa shape index (κ2) is 34.1. The molecular weight excluding hydrogens is 474 g/mol. The van der Waals surface area contributed by atoms with Crippen molar-refractivity contribution in [3.8, 4) is 0 Å². The number of unbranched alkanes of at least 4 members (excludes halogenated alkanes) is 28. The summed E-state index contributed by atoms with van der Waals surface area (Å²) in [6.45, 7) is 5.43. The average Bonchev–Trinajstić information content (AvgIpc) is 2.92. The monoisotopic (exact) mass is 552 g/mol. The van der Waals surface area contributed by atoms with Gasteiger partial charge in [-0.2, -0.15) is 0 Å². The molecule has 0 radical (unpaired) electrons. The van der Waals surface area contributed by atoms with Crippen molar-refractivity contribution in [2.45, 2.75) is 219 Å². The van der Waals surface area contributed by atoms with Crippen LogP contribution in [0.3, 0.4) is 0 Å². The van der Waals surface area contributed by atoms with Crippen molar-refractivity contribution < 1.29 is 5.06 Å². The van der Waals surface area contributed by atoms with Gasteiger partial charge in [-0.15, -0.1) is 0 Å². The SMILES string of the molecule is CCCCCCCCCCCCCCCCCCC(CCCCCCCCCCCCCCCC)C[NH+](C)[O-]. The number of rotatable bonds is 34. The summed E-state index contributed by atoms with van der Waals surface area (Å²) < 4.78 is 0. The van der Waals surface area contributed by atoms with Crippen molar-refractivity contribution in [3.05, 3.63) is 5.21 Å². The highest BCUT2D eigenvalue weighted by molar-refractivity contribution is 4.60. The Hall–Kier alpha value is -0.0800. The Morgan fingerprint density at radius 3 is 0.769 bits per heavy atom. The molecule has 2 unspecified atom stereocenters. The third-order valence-electron chi connectivity index (χ3n) is 9.01. The molecule has 0 aromatic carbocycles. The number of nitrogens with one attached hydrogen (secondary N) is 1. The Labute approximate surface area is 248 Å². The van der Waals surface area contributed by atoms with Gasteiger partial charge in [0.15, 0.2) is 0 Å². The maximum Gasteiger partial charge on any atom is 0.0794 e. The number of hydroxylamine groups is 2. The van der Waals surface area contributed by atoms with E-state index in [0.29, 0.717) is 11.0 Å². The first-order valence-electron chi connectivity index (χ1n) is 18.7. The van der Waals surface area contributed by atoms with Gasteiger partial charge in [0.1, 0.15) is 0 Å². The minimum absolute atomic E-state index is 0.404. The predicted molar refractivity (Wildman–Crippen MR) is 178 cm³/mol. The second-order valence-corrected chi connectivity index (χ2v) is 13.2. The molecule has 0 aliphatic carbocycles. The summed E-state index contributed by atoms with van der Waals surface area (Å²) in [5.41, 5.74) is 0. The summed E-state index contributed by atoms with van der Waals surface area (Å²) in [5.74, 6) is 0.659. The van der Waals surface area contributed by atoms with Crippen LogP contribution in [0, 0.1) is 11.1 Å². The normalized spacial score (nSPS) is 13.2. The Morgan fingerprint density at radius 2 is 0.564 bits per heavy atom. The maximum atomic E-state index is 11.8. The van der Waals surface area contributed by atoms with Crippen molar-refractivity contribution in [1.82, 2.24) is 0 Å². The van der Waals surface area contributed by atoms with Gasteiger partial charge in [-0.3, -0.25) is 0 Å². The highest BCUT2D eigenvalue weighted by Crippen LogP contribution is 2.19. The second-order valence-electron chi connectivity index (χ2n) is 13.2. The van der Waals surface area contributed by atoms with Crippen molar-refractivity contribution in [3.63, 3.8) is 0 Å². The fraction of sp³-hybridized carbons (Fsp3) is 1.00. The van der Waals surface area contributed by atoms with Gasteiger partial charge in [0, 0.05) is 5.92 Å². The average molecular weight is 552 g/mol. The Morgan fingerprint density at radius 1 is 0.359 bits per heavy atom. The largest absolute Gasteiger partial charge is 0.634 e. The van der Waals surface area contributed by atoms with Gasteiger partial charge in [-0.05, 0) is 12.8 Å². The lowest BCUT2D eigenvalue weighted by atomic mass is 9.94. The minimum atomic E-state index is 0.404. The highest BCUT2D eigenvalue weighted by Gasteiger charge is 2.11. The van der Waals surface area contributed by atoms with Gasteiger partial charge < -0.3 is 10.3 Å². The van der Waals surface area contributed by atoms with E-state index >= 15 is 0 Å². The molecule has 0 spiro atoms. The lowest BCUT2D eigenvalue weighted by Crippen LogP contribution is -3.04. The van der Waals surface area contributed by atoms with Gasteiger partial charge in [-0.1, -0.05) is 206 Å². The molecule has 0 saturated carbocycles. The Bertz CT molecular complexity index is 424. The molecule has 0 aromatic rings. The molecule has 39 heavy (non-hydrogen) atoms. The van der Waals surface area contributed by atoms with Crippen LogP contribution in [0.25, 0.3) is 0 Å². The summed E-state index contributed by atoms with van der Waals surface area (Å²) in [7, 11) is 1.80. The summed E-state index contributed by atoms with van der Waals surface area (Å²) in [5, 5.41) is 12.2. The smallest absolute Gasteiger partial charge is 0.0794 e. The third kappa shape index (κ3) is 34.0. The van der Waals surface area contributed by atoms with E-state index in [1.165, 1.54) is 205 Å². The maximum absolute atomic E-state index is 11.8. The summed E-state index contributed by atoms with van der Waals surface area (Å²) >= 11 is 0. The van der Waals surface area contributed by atoms with Crippen molar-refractivity contribution >= 4 is 0 Å². The topological polar surface area (TPSA) is 27.5 Å². The first-order valence-corrected chi connectivity index (χ1v) is 18.7. The molecule has 236 valence electrons. The molecule has 0 aliphatic rings. The molecule has 2 nitrogen and oxygen atoms in total. The van der Waals surface area contributed by atoms with Gasteiger partial charge in [0.05, 0.1) is 13.6 Å². The Kier molecular flexibility index (Phi) is 34.1. The standard InChI is InChI=1S/C37H77NO/c1-4-6-8-10-12-14-16-18-20-21-23-25-27-29-31-33-35-37(36-38(3)39)34-32-30-28-26-24-22-19-17-15-13-11-9-7-5-2/h37-38H,4-36H2,1-3H3. The molecule has 0 rings (SSSR count). The highest BCUT2D eigenvalue weighted by atomic mass is 16.5. The fourth-order valence-electron chi connectivity index (χ4n) is 6.36. The molecule has 2 heteroatoms. The summed E-state index contributed by atoms with van der Waals surface area (Å²) in [6.07, 6.45) is 45.4. The number of quaternary nitrogens is 1. The van der Waals surface area contributed by atoms with E-state index in [4.69, 9.17) is 0 Å². The molecule has 2 atom stereocenters. The van der Waals surface area contributed by atoms with Crippen molar-refractivity contribution in [2.24, 2.45) is 5.92 Å². The lowest BCUT2D eigenvalue weighted by Gasteiger charge is -2.23.